The fourth-order valence-corrected chi connectivity index (χ4v) is 1.98. The summed E-state index contributed by atoms with van der Waals surface area (Å²) in [7, 11) is 0. The van der Waals surface area contributed by atoms with Gasteiger partial charge in [-0.2, -0.15) is 18.2 Å². The van der Waals surface area contributed by atoms with Gasteiger partial charge in [-0.3, -0.25) is 4.79 Å². The molecule has 28 heavy (non-hydrogen) atoms. The highest BCUT2D eigenvalue weighted by molar-refractivity contribution is 5.94. The smallest absolute Gasteiger partial charge is 0.395 e. The monoisotopic (exact) mass is 397 g/mol. The number of halogens is 4. The van der Waals surface area contributed by atoms with Crippen molar-refractivity contribution >= 4 is 5.91 Å². The van der Waals surface area contributed by atoms with Crippen molar-refractivity contribution in [3.63, 3.8) is 0 Å². The normalized spacial score (nSPS) is 10.8. The van der Waals surface area contributed by atoms with Gasteiger partial charge in [-0.1, -0.05) is 17.3 Å². The number of aliphatic hydroxyl groups is 1. The maximum absolute atomic E-state index is 12.4. The van der Waals surface area contributed by atoms with Crippen molar-refractivity contribution in [2.24, 2.45) is 0 Å². The van der Waals surface area contributed by atoms with E-state index in [2.05, 4.69) is 20.0 Å². The minimum Gasteiger partial charge on any atom is -0.395 e. The lowest BCUT2D eigenvalue weighted by Gasteiger charge is -2.05. The fourth-order valence-electron chi connectivity index (χ4n) is 1.98. The third-order valence-electron chi connectivity index (χ3n) is 3.34. The first kappa shape index (κ1) is 21.0. The molecule has 2 aromatic carbocycles. The molecule has 3 aromatic rings. The lowest BCUT2D eigenvalue weighted by atomic mass is 10.1. The molecule has 0 aliphatic rings. The van der Waals surface area contributed by atoms with Crippen molar-refractivity contribution in [2.45, 2.75) is 6.18 Å². The van der Waals surface area contributed by atoms with Crippen LogP contribution in [0.1, 0.15) is 15.9 Å². The molecule has 6 nitrogen and oxygen atoms in total. The molecule has 0 atom stereocenters. The molecule has 1 aromatic heterocycles. The minimum absolute atomic E-state index is 0.104. The summed E-state index contributed by atoms with van der Waals surface area (Å²) in [4.78, 5) is 14.9. The van der Waals surface area contributed by atoms with E-state index >= 15 is 0 Å². The number of carbonyl (C=O) groups excluding carboxylic acids is 1. The van der Waals surface area contributed by atoms with Crippen LogP contribution in [0.3, 0.4) is 0 Å². The summed E-state index contributed by atoms with van der Waals surface area (Å²) >= 11 is 0. The van der Waals surface area contributed by atoms with Gasteiger partial charge in [0.25, 0.3) is 5.91 Å². The van der Waals surface area contributed by atoms with Crippen molar-refractivity contribution in [1.82, 2.24) is 15.5 Å². The number of amides is 1. The Hall–Kier alpha value is -3.27. The molecular formula is C18H15F4N3O3. The van der Waals surface area contributed by atoms with Crippen LogP contribution in [0.4, 0.5) is 17.6 Å². The van der Waals surface area contributed by atoms with E-state index in [1.165, 1.54) is 36.4 Å². The van der Waals surface area contributed by atoms with Crippen LogP contribution in [0, 0.1) is 5.82 Å². The van der Waals surface area contributed by atoms with Crippen molar-refractivity contribution in [3.8, 4) is 11.4 Å². The van der Waals surface area contributed by atoms with Crippen molar-refractivity contribution in [2.75, 3.05) is 13.2 Å². The van der Waals surface area contributed by atoms with Crippen LogP contribution in [0.5, 0.6) is 0 Å². The van der Waals surface area contributed by atoms with Crippen LogP contribution in [-0.2, 0) is 6.18 Å². The van der Waals surface area contributed by atoms with Crippen molar-refractivity contribution < 1.29 is 32.0 Å². The quantitative estimate of drug-likeness (QED) is 0.660. The third kappa shape index (κ3) is 6.16. The number of rotatable bonds is 4. The maximum atomic E-state index is 12.4. The molecular weight excluding hydrogens is 382 g/mol. The molecule has 1 heterocycles. The van der Waals surface area contributed by atoms with Crippen LogP contribution in [-0.4, -0.2) is 34.3 Å². The highest BCUT2D eigenvalue weighted by Crippen LogP contribution is 2.30. The zero-order valence-corrected chi connectivity index (χ0v) is 14.3. The Morgan fingerprint density at radius 3 is 2.21 bits per heavy atom. The molecule has 0 saturated heterocycles. The molecule has 0 saturated carbocycles. The number of nitrogens with one attached hydrogen (secondary N) is 1. The number of aromatic nitrogens is 2. The molecule has 0 bridgehead atoms. The van der Waals surface area contributed by atoms with Gasteiger partial charge in [-0.25, -0.2) is 4.39 Å². The SMILES string of the molecule is FC(F)(F)c1ccc(-c2ncon2)cc1.O=C(NCCO)c1ccc(F)cc1. The summed E-state index contributed by atoms with van der Waals surface area (Å²) in [6, 6.07) is 9.77. The zero-order chi connectivity index (χ0) is 20.6. The second-order valence-corrected chi connectivity index (χ2v) is 5.32. The highest BCUT2D eigenvalue weighted by Gasteiger charge is 2.30. The molecule has 148 valence electrons. The molecule has 0 aliphatic heterocycles. The average Bonchev–Trinajstić information content (AvgIpc) is 3.21. The van der Waals surface area contributed by atoms with Gasteiger partial charge in [0.2, 0.25) is 12.2 Å². The van der Waals surface area contributed by atoms with Gasteiger partial charge in [0.1, 0.15) is 5.82 Å². The minimum atomic E-state index is -4.32. The average molecular weight is 397 g/mol. The molecule has 2 N–H and O–H groups in total. The standard InChI is InChI=1S/C9H5F3N2O.C9H10FNO2/c10-9(11,12)7-3-1-6(2-4-7)8-13-5-15-14-8;10-8-3-1-7(2-4-8)9(13)11-5-6-12/h1-5H;1-4,12H,5-6H2,(H,11,13). The molecule has 0 fully saturated rings. The fraction of sp³-hybridized carbons (Fsp3) is 0.167. The Balaban J connectivity index is 0.000000203. The lowest BCUT2D eigenvalue weighted by molar-refractivity contribution is -0.137. The predicted molar refractivity (Wildman–Crippen MR) is 90.6 cm³/mol. The number of hydrogen-bond acceptors (Lipinski definition) is 5. The summed E-state index contributed by atoms with van der Waals surface area (Å²) in [6.45, 7) is 0.100. The van der Waals surface area contributed by atoms with Gasteiger partial charge in [-0.05, 0) is 36.4 Å². The molecule has 0 radical (unpaired) electrons. The van der Waals surface area contributed by atoms with Crippen LogP contribution in [0.2, 0.25) is 0 Å². The third-order valence-corrected chi connectivity index (χ3v) is 3.34. The molecule has 10 heteroatoms. The van der Waals surface area contributed by atoms with Gasteiger partial charge < -0.3 is 14.9 Å². The van der Waals surface area contributed by atoms with E-state index in [4.69, 9.17) is 5.11 Å². The number of carbonyl (C=O) groups is 1. The van der Waals surface area contributed by atoms with Gasteiger partial charge in [0.05, 0.1) is 12.2 Å². The topological polar surface area (TPSA) is 88.2 Å². The first-order chi connectivity index (χ1) is 13.3. The molecule has 0 spiro atoms. The van der Waals surface area contributed by atoms with Gasteiger partial charge >= 0.3 is 6.18 Å². The van der Waals surface area contributed by atoms with Crippen molar-refractivity contribution in [1.29, 1.82) is 0 Å². The predicted octanol–water partition coefficient (Wildman–Crippen LogP) is 3.30. The van der Waals surface area contributed by atoms with Crippen LogP contribution in [0.15, 0.2) is 59.4 Å². The van der Waals surface area contributed by atoms with E-state index in [-0.39, 0.29) is 30.7 Å². The maximum Gasteiger partial charge on any atom is 0.416 e. The van der Waals surface area contributed by atoms with Crippen LogP contribution < -0.4 is 5.32 Å². The van der Waals surface area contributed by atoms with Gasteiger partial charge in [0, 0.05) is 17.7 Å². The Labute approximate surface area is 156 Å². The largest absolute Gasteiger partial charge is 0.416 e. The lowest BCUT2D eigenvalue weighted by Crippen LogP contribution is -2.26. The Morgan fingerprint density at radius 1 is 1.07 bits per heavy atom. The Morgan fingerprint density at radius 2 is 1.71 bits per heavy atom. The summed E-state index contributed by atoms with van der Waals surface area (Å²) in [5.74, 6) is -0.420. The summed E-state index contributed by atoms with van der Waals surface area (Å²) < 4.78 is 53.6. The van der Waals surface area contributed by atoms with Crippen molar-refractivity contribution in [3.05, 3.63) is 71.9 Å². The Bertz CT molecular complexity index is 865. The van der Waals surface area contributed by atoms with E-state index < -0.39 is 11.7 Å². The van der Waals surface area contributed by atoms with Gasteiger partial charge in [0.15, 0.2) is 0 Å². The summed E-state index contributed by atoms with van der Waals surface area (Å²) in [6.07, 6.45) is -3.21. The second kappa shape index (κ2) is 9.60. The molecule has 0 aliphatic carbocycles. The number of hydrogen-bond donors (Lipinski definition) is 2. The first-order valence-electron chi connectivity index (χ1n) is 7.90. The first-order valence-corrected chi connectivity index (χ1v) is 7.90. The Kier molecular flexibility index (Phi) is 7.21. The zero-order valence-electron chi connectivity index (χ0n) is 14.3. The number of alkyl halides is 3. The molecule has 3 rings (SSSR count). The summed E-state index contributed by atoms with van der Waals surface area (Å²) in [5.41, 5.74) is 0.168. The van der Waals surface area contributed by atoms with E-state index in [1.807, 2.05) is 0 Å². The number of benzene rings is 2. The van der Waals surface area contributed by atoms with E-state index in [1.54, 1.807) is 0 Å². The molecule has 0 unspecified atom stereocenters. The van der Waals surface area contributed by atoms with Crippen LogP contribution in [0.25, 0.3) is 11.4 Å². The number of nitrogens with zero attached hydrogens (tertiary/aromatic N) is 2. The highest BCUT2D eigenvalue weighted by atomic mass is 19.4. The van der Waals surface area contributed by atoms with E-state index in [0.29, 0.717) is 11.1 Å². The molecule has 1 amide bonds. The van der Waals surface area contributed by atoms with E-state index in [0.717, 1.165) is 18.5 Å². The summed E-state index contributed by atoms with van der Waals surface area (Å²) in [5, 5.41) is 14.4. The van der Waals surface area contributed by atoms with Gasteiger partial charge in [-0.15, -0.1) is 0 Å². The second-order valence-electron chi connectivity index (χ2n) is 5.32. The van der Waals surface area contributed by atoms with E-state index in [9.17, 15) is 22.4 Å². The number of aliphatic hydroxyl groups excluding tert-OH is 1. The van der Waals surface area contributed by atoms with Crippen LogP contribution >= 0.6 is 0 Å².